The molecule has 1 rings (SSSR count). The monoisotopic (exact) mass is 249 g/mol. The van der Waals surface area contributed by atoms with E-state index in [1.807, 2.05) is 18.2 Å². The second-order valence-electron chi connectivity index (χ2n) is 4.31. The zero-order chi connectivity index (χ0) is 13.1. The highest BCUT2D eigenvalue weighted by Gasteiger charge is 2.01. The smallest absolute Gasteiger partial charge is 0.307 e. The van der Waals surface area contributed by atoms with E-state index in [4.69, 9.17) is 4.74 Å². The minimum atomic E-state index is -0.101. The molecule has 0 unspecified atom stereocenters. The van der Waals surface area contributed by atoms with Crippen molar-refractivity contribution in [2.45, 2.75) is 32.6 Å². The highest BCUT2D eigenvalue weighted by atomic mass is 16.5. The molecule has 1 aromatic rings. The minimum Gasteiger partial charge on any atom is -0.466 e. The summed E-state index contributed by atoms with van der Waals surface area (Å²) in [7, 11) is 0. The third-order valence-electron chi connectivity index (χ3n) is 2.70. The van der Waals surface area contributed by atoms with Gasteiger partial charge < -0.3 is 10.1 Å². The molecular formula is C15H23NO2. The molecule has 0 saturated carbocycles. The standard InChI is InChI=1S/C15H23NO2/c1-2-3-13-18-15(17)10-12-16-11-9-14-7-5-4-6-8-14/h4-8,16H,2-3,9-13H2,1H3. The van der Waals surface area contributed by atoms with Crippen molar-refractivity contribution in [2.24, 2.45) is 0 Å². The Labute approximate surface area is 110 Å². The predicted molar refractivity (Wildman–Crippen MR) is 73.5 cm³/mol. The third kappa shape index (κ3) is 7.07. The van der Waals surface area contributed by atoms with Gasteiger partial charge in [-0.1, -0.05) is 43.7 Å². The highest BCUT2D eigenvalue weighted by Crippen LogP contribution is 1.98. The van der Waals surface area contributed by atoms with Gasteiger partial charge in [-0.3, -0.25) is 4.79 Å². The first-order valence-corrected chi connectivity index (χ1v) is 6.73. The number of rotatable bonds is 9. The Morgan fingerprint density at radius 3 is 2.72 bits per heavy atom. The second-order valence-corrected chi connectivity index (χ2v) is 4.31. The van der Waals surface area contributed by atoms with E-state index < -0.39 is 0 Å². The molecule has 3 nitrogen and oxygen atoms in total. The van der Waals surface area contributed by atoms with Gasteiger partial charge in [-0.05, 0) is 24.9 Å². The zero-order valence-electron chi connectivity index (χ0n) is 11.2. The molecule has 1 N–H and O–H groups in total. The lowest BCUT2D eigenvalue weighted by Gasteiger charge is -2.05. The zero-order valence-corrected chi connectivity index (χ0v) is 11.2. The molecule has 3 heteroatoms. The van der Waals surface area contributed by atoms with Gasteiger partial charge in [-0.25, -0.2) is 0 Å². The Balaban J connectivity index is 1.97. The molecule has 0 spiro atoms. The maximum atomic E-state index is 11.3. The Kier molecular flexibility index (Phi) is 7.89. The van der Waals surface area contributed by atoms with Crippen LogP contribution in [0.1, 0.15) is 31.7 Å². The fraction of sp³-hybridized carbons (Fsp3) is 0.533. The second kappa shape index (κ2) is 9.66. The predicted octanol–water partition coefficient (Wildman–Crippen LogP) is 2.55. The summed E-state index contributed by atoms with van der Waals surface area (Å²) >= 11 is 0. The lowest BCUT2D eigenvalue weighted by atomic mass is 10.1. The van der Waals surface area contributed by atoms with Crippen LogP contribution >= 0.6 is 0 Å². The summed E-state index contributed by atoms with van der Waals surface area (Å²) < 4.78 is 5.07. The molecule has 0 bridgehead atoms. The van der Waals surface area contributed by atoms with Crippen LogP contribution in [0.5, 0.6) is 0 Å². The molecule has 0 saturated heterocycles. The van der Waals surface area contributed by atoms with E-state index in [1.165, 1.54) is 5.56 Å². The van der Waals surface area contributed by atoms with Crippen LogP contribution in [0.25, 0.3) is 0 Å². The number of carbonyl (C=O) groups excluding carboxylic acids is 1. The van der Waals surface area contributed by atoms with Crippen molar-refractivity contribution < 1.29 is 9.53 Å². The molecule has 0 aromatic heterocycles. The summed E-state index contributed by atoms with van der Waals surface area (Å²) in [6, 6.07) is 10.3. The van der Waals surface area contributed by atoms with Crippen LogP contribution in [0, 0.1) is 0 Å². The van der Waals surface area contributed by atoms with E-state index in [0.29, 0.717) is 19.6 Å². The van der Waals surface area contributed by atoms with E-state index in [9.17, 15) is 4.79 Å². The van der Waals surface area contributed by atoms with Crippen LogP contribution in [0.15, 0.2) is 30.3 Å². The topological polar surface area (TPSA) is 38.3 Å². The quantitative estimate of drug-likeness (QED) is 0.540. The van der Waals surface area contributed by atoms with Gasteiger partial charge in [-0.2, -0.15) is 0 Å². The molecule has 0 radical (unpaired) electrons. The maximum Gasteiger partial charge on any atom is 0.307 e. The molecule has 0 aliphatic heterocycles. The Bertz CT molecular complexity index is 325. The van der Waals surface area contributed by atoms with Crippen LogP contribution in [0.2, 0.25) is 0 Å². The molecule has 0 atom stereocenters. The van der Waals surface area contributed by atoms with Crippen molar-refractivity contribution in [3.8, 4) is 0 Å². The molecule has 0 amide bonds. The number of benzene rings is 1. The molecule has 0 heterocycles. The fourth-order valence-corrected chi connectivity index (χ4v) is 1.60. The number of esters is 1. The van der Waals surface area contributed by atoms with Gasteiger partial charge in [0.2, 0.25) is 0 Å². The van der Waals surface area contributed by atoms with Crippen molar-refractivity contribution in [1.82, 2.24) is 5.32 Å². The number of ether oxygens (including phenoxy) is 1. The molecular weight excluding hydrogens is 226 g/mol. The van der Waals surface area contributed by atoms with Gasteiger partial charge in [0, 0.05) is 6.54 Å². The molecule has 0 fully saturated rings. The summed E-state index contributed by atoms with van der Waals surface area (Å²) in [4.78, 5) is 11.3. The van der Waals surface area contributed by atoms with Gasteiger partial charge in [0.15, 0.2) is 0 Å². The normalized spacial score (nSPS) is 10.3. The third-order valence-corrected chi connectivity index (χ3v) is 2.70. The summed E-state index contributed by atoms with van der Waals surface area (Å²) in [5.41, 5.74) is 1.32. The van der Waals surface area contributed by atoms with Crippen molar-refractivity contribution in [1.29, 1.82) is 0 Å². The first kappa shape index (κ1) is 14.7. The fourth-order valence-electron chi connectivity index (χ4n) is 1.60. The van der Waals surface area contributed by atoms with Crippen LogP contribution in [0.3, 0.4) is 0 Å². The molecule has 0 aliphatic rings. The first-order valence-electron chi connectivity index (χ1n) is 6.73. The van der Waals surface area contributed by atoms with Crippen LogP contribution in [-0.4, -0.2) is 25.7 Å². The number of unbranched alkanes of at least 4 members (excludes halogenated alkanes) is 1. The molecule has 1 aromatic carbocycles. The van der Waals surface area contributed by atoms with Crippen molar-refractivity contribution >= 4 is 5.97 Å². The highest BCUT2D eigenvalue weighted by molar-refractivity contribution is 5.69. The van der Waals surface area contributed by atoms with E-state index >= 15 is 0 Å². The van der Waals surface area contributed by atoms with Gasteiger partial charge in [0.1, 0.15) is 0 Å². The maximum absolute atomic E-state index is 11.3. The molecule has 0 aliphatic carbocycles. The van der Waals surface area contributed by atoms with E-state index in [2.05, 4.69) is 24.4 Å². The molecule has 100 valence electrons. The van der Waals surface area contributed by atoms with Crippen LogP contribution in [0.4, 0.5) is 0 Å². The Hall–Kier alpha value is -1.35. The van der Waals surface area contributed by atoms with Crippen LogP contribution < -0.4 is 5.32 Å². The number of hydrogen-bond donors (Lipinski definition) is 1. The van der Waals surface area contributed by atoms with Crippen molar-refractivity contribution in [2.75, 3.05) is 19.7 Å². The summed E-state index contributed by atoms with van der Waals surface area (Å²) in [5.74, 6) is -0.101. The largest absolute Gasteiger partial charge is 0.466 e. The van der Waals surface area contributed by atoms with Crippen molar-refractivity contribution in [3.63, 3.8) is 0 Å². The Morgan fingerprint density at radius 1 is 1.22 bits per heavy atom. The Morgan fingerprint density at radius 2 is 2.00 bits per heavy atom. The molecule has 18 heavy (non-hydrogen) atoms. The average molecular weight is 249 g/mol. The van der Waals surface area contributed by atoms with Gasteiger partial charge >= 0.3 is 5.97 Å². The summed E-state index contributed by atoms with van der Waals surface area (Å²) in [6.07, 6.45) is 3.46. The SMILES string of the molecule is CCCCOC(=O)CCNCCc1ccccc1. The summed E-state index contributed by atoms with van der Waals surface area (Å²) in [5, 5.41) is 3.25. The van der Waals surface area contributed by atoms with E-state index in [-0.39, 0.29) is 5.97 Å². The van der Waals surface area contributed by atoms with Gasteiger partial charge in [0.25, 0.3) is 0 Å². The first-order chi connectivity index (χ1) is 8.83. The van der Waals surface area contributed by atoms with Crippen molar-refractivity contribution in [3.05, 3.63) is 35.9 Å². The lowest BCUT2D eigenvalue weighted by Crippen LogP contribution is -2.21. The minimum absolute atomic E-state index is 0.101. The van der Waals surface area contributed by atoms with E-state index in [0.717, 1.165) is 25.8 Å². The number of carbonyl (C=O) groups is 1. The van der Waals surface area contributed by atoms with Gasteiger partial charge in [-0.15, -0.1) is 0 Å². The van der Waals surface area contributed by atoms with E-state index in [1.54, 1.807) is 0 Å². The summed E-state index contributed by atoms with van der Waals surface area (Å²) in [6.45, 7) is 4.22. The number of nitrogens with one attached hydrogen (secondary N) is 1. The number of hydrogen-bond acceptors (Lipinski definition) is 3. The lowest BCUT2D eigenvalue weighted by molar-refractivity contribution is -0.143. The van der Waals surface area contributed by atoms with Crippen LogP contribution in [-0.2, 0) is 16.0 Å². The average Bonchev–Trinajstić information content (AvgIpc) is 2.40. The van der Waals surface area contributed by atoms with Gasteiger partial charge in [0.05, 0.1) is 13.0 Å².